The van der Waals surface area contributed by atoms with Gasteiger partial charge in [-0.25, -0.2) is 4.57 Å². The van der Waals surface area contributed by atoms with E-state index >= 15 is 0 Å². The van der Waals surface area contributed by atoms with Gasteiger partial charge in [0, 0.05) is 36.4 Å². The summed E-state index contributed by atoms with van der Waals surface area (Å²) in [6.45, 7) is 1.36. The Balaban J connectivity index is 1.31. The number of aryl methyl sites for hydroxylation is 1. The first-order valence-electron chi connectivity index (χ1n) is 10.1. The first-order valence-corrected chi connectivity index (χ1v) is 10.9. The van der Waals surface area contributed by atoms with Crippen molar-refractivity contribution >= 4 is 22.8 Å². The molecule has 3 aromatic rings. The highest BCUT2D eigenvalue weighted by Crippen LogP contribution is 2.32. The summed E-state index contributed by atoms with van der Waals surface area (Å²) in [6.07, 6.45) is 5.16. The summed E-state index contributed by atoms with van der Waals surface area (Å²) in [5, 5.41) is 2.97. The zero-order chi connectivity index (χ0) is 21.5. The van der Waals surface area contributed by atoms with Gasteiger partial charge in [0.25, 0.3) is 5.91 Å². The van der Waals surface area contributed by atoms with E-state index in [4.69, 9.17) is 9.47 Å². The molecule has 0 saturated carbocycles. The Hall–Kier alpha value is -3.32. The molecule has 1 amide bonds. The maximum atomic E-state index is 12.8. The van der Waals surface area contributed by atoms with E-state index < -0.39 is 0 Å². The van der Waals surface area contributed by atoms with Crippen LogP contribution in [-0.2, 0) is 17.9 Å². The van der Waals surface area contributed by atoms with Crippen molar-refractivity contribution in [1.82, 2.24) is 5.32 Å². The van der Waals surface area contributed by atoms with Crippen molar-refractivity contribution in [1.29, 1.82) is 0 Å². The van der Waals surface area contributed by atoms with Crippen LogP contribution >= 0.6 is 11.8 Å². The van der Waals surface area contributed by atoms with Crippen LogP contribution in [0.3, 0.4) is 0 Å². The molecular weight excluding hydrogens is 412 g/mol. The fraction of sp³-hybridized carbons (Fsp3) is 0.208. The number of carbonyl (C=O) groups is 2. The third-order valence-corrected chi connectivity index (χ3v) is 5.83. The molecule has 0 atom stereocenters. The van der Waals surface area contributed by atoms with Crippen LogP contribution < -0.4 is 19.4 Å². The second kappa shape index (κ2) is 10.1. The van der Waals surface area contributed by atoms with Gasteiger partial charge in [0.2, 0.25) is 6.79 Å². The first kappa shape index (κ1) is 20.9. The number of fused-ring (bicyclic) bond motifs is 1. The van der Waals surface area contributed by atoms with Crippen LogP contribution in [0.15, 0.2) is 78.0 Å². The Labute approximate surface area is 185 Å². The largest absolute Gasteiger partial charge is 0.454 e. The summed E-state index contributed by atoms with van der Waals surface area (Å²) >= 11 is 1.13. The van der Waals surface area contributed by atoms with Crippen LogP contribution in [0.1, 0.15) is 28.8 Å². The van der Waals surface area contributed by atoms with E-state index in [1.54, 1.807) is 12.1 Å². The van der Waals surface area contributed by atoms with E-state index in [0.717, 1.165) is 30.3 Å². The normalized spacial score (nSPS) is 11.9. The molecule has 0 bridgehead atoms. The van der Waals surface area contributed by atoms with Gasteiger partial charge in [0.1, 0.15) is 6.54 Å². The molecular formula is C24H23N2O4S+. The summed E-state index contributed by atoms with van der Waals surface area (Å²) in [4.78, 5) is 25.9. The molecule has 158 valence electrons. The van der Waals surface area contributed by atoms with Crippen molar-refractivity contribution in [2.45, 2.75) is 30.8 Å². The number of carbonyl (C=O) groups excluding carboxylic acids is 2. The van der Waals surface area contributed by atoms with Crippen LogP contribution in [0.5, 0.6) is 11.5 Å². The Morgan fingerprint density at radius 1 is 0.968 bits per heavy atom. The number of hydrogen-bond donors (Lipinski definition) is 1. The number of pyridine rings is 1. The summed E-state index contributed by atoms with van der Waals surface area (Å²) < 4.78 is 12.7. The predicted molar refractivity (Wildman–Crippen MR) is 117 cm³/mol. The molecule has 2 heterocycles. The van der Waals surface area contributed by atoms with E-state index in [1.807, 2.05) is 60.9 Å². The van der Waals surface area contributed by atoms with Crippen molar-refractivity contribution < 1.29 is 23.6 Å². The first-order chi connectivity index (χ1) is 15.2. The number of aromatic nitrogens is 1. The standard InChI is InChI=1S/C24H22N2O4S/c27-23(9-6-14-26-12-4-1-5-13-26)31-22-8-3-2-7-19(22)24(28)25-16-18-10-11-20-21(15-18)30-17-29-20/h1-5,7-8,10-13,15H,6,9,14,16-17H2/p+1. The lowest BCUT2D eigenvalue weighted by Crippen LogP contribution is -2.32. The molecule has 6 nitrogen and oxygen atoms in total. The number of thioether (sulfide) groups is 1. The van der Waals surface area contributed by atoms with Crippen molar-refractivity contribution in [3.05, 3.63) is 84.2 Å². The zero-order valence-corrected chi connectivity index (χ0v) is 17.8. The highest BCUT2D eigenvalue weighted by molar-refractivity contribution is 8.13. The zero-order valence-electron chi connectivity index (χ0n) is 17.0. The average molecular weight is 436 g/mol. The number of rotatable bonds is 8. The number of amides is 1. The van der Waals surface area contributed by atoms with Crippen LogP contribution in [0.4, 0.5) is 0 Å². The summed E-state index contributed by atoms with van der Waals surface area (Å²) in [7, 11) is 0. The molecule has 0 aliphatic carbocycles. The van der Waals surface area contributed by atoms with Gasteiger partial charge in [-0.1, -0.05) is 36.0 Å². The molecule has 0 unspecified atom stereocenters. The quantitative estimate of drug-likeness (QED) is 0.431. The van der Waals surface area contributed by atoms with Crippen molar-refractivity contribution in [2.75, 3.05) is 6.79 Å². The van der Waals surface area contributed by atoms with Gasteiger partial charge in [-0.2, -0.15) is 0 Å². The molecule has 7 heteroatoms. The topological polar surface area (TPSA) is 68.5 Å². The predicted octanol–water partition coefficient (Wildman–Crippen LogP) is 3.73. The van der Waals surface area contributed by atoms with E-state index in [2.05, 4.69) is 9.88 Å². The van der Waals surface area contributed by atoms with E-state index in [-0.39, 0.29) is 17.8 Å². The molecule has 0 fully saturated rings. The van der Waals surface area contributed by atoms with Gasteiger partial charge in [-0.3, -0.25) is 9.59 Å². The minimum absolute atomic E-state index is 0.0487. The summed E-state index contributed by atoms with van der Waals surface area (Å²) in [5.74, 6) is 1.18. The molecule has 1 N–H and O–H groups in total. The number of ether oxygens (including phenoxy) is 2. The minimum Gasteiger partial charge on any atom is -0.454 e. The Kier molecular flexibility index (Phi) is 6.84. The average Bonchev–Trinajstić information content (AvgIpc) is 3.26. The number of nitrogens with zero attached hydrogens (tertiary/aromatic N) is 1. The highest BCUT2D eigenvalue weighted by Gasteiger charge is 2.16. The van der Waals surface area contributed by atoms with Gasteiger partial charge in [0.05, 0.1) is 5.56 Å². The Morgan fingerprint density at radius 3 is 2.65 bits per heavy atom. The Morgan fingerprint density at radius 2 is 1.77 bits per heavy atom. The second-order valence-corrected chi connectivity index (χ2v) is 8.16. The Bertz CT molecular complexity index is 1070. The fourth-order valence-electron chi connectivity index (χ4n) is 3.23. The maximum Gasteiger partial charge on any atom is 0.252 e. The lowest BCUT2D eigenvalue weighted by atomic mass is 10.1. The van der Waals surface area contributed by atoms with Gasteiger partial charge in [-0.15, -0.1) is 0 Å². The van der Waals surface area contributed by atoms with Gasteiger partial charge in [0.15, 0.2) is 29.0 Å². The number of benzene rings is 2. The molecule has 1 aliphatic heterocycles. The molecule has 0 spiro atoms. The molecule has 2 aromatic carbocycles. The molecule has 1 aliphatic rings. The molecule has 31 heavy (non-hydrogen) atoms. The lowest BCUT2D eigenvalue weighted by molar-refractivity contribution is -0.697. The molecule has 1 aromatic heterocycles. The minimum atomic E-state index is -0.214. The number of nitrogens with one attached hydrogen (secondary N) is 1. The molecule has 0 radical (unpaired) electrons. The van der Waals surface area contributed by atoms with Crippen molar-refractivity contribution in [3.8, 4) is 11.5 Å². The van der Waals surface area contributed by atoms with E-state index in [1.165, 1.54) is 0 Å². The smallest absolute Gasteiger partial charge is 0.252 e. The third kappa shape index (κ3) is 5.64. The third-order valence-electron chi connectivity index (χ3n) is 4.82. The summed E-state index contributed by atoms with van der Waals surface area (Å²) in [5.41, 5.74) is 1.41. The molecule has 0 saturated heterocycles. The van der Waals surface area contributed by atoms with E-state index in [0.29, 0.717) is 34.9 Å². The fourth-order valence-corrected chi connectivity index (χ4v) is 4.14. The SMILES string of the molecule is O=C(CCC[n+]1ccccc1)Sc1ccccc1C(=O)NCc1ccc2c(c1)OCO2. The highest BCUT2D eigenvalue weighted by atomic mass is 32.2. The summed E-state index contributed by atoms with van der Waals surface area (Å²) in [6, 6.07) is 18.7. The van der Waals surface area contributed by atoms with Crippen LogP contribution in [-0.4, -0.2) is 17.8 Å². The van der Waals surface area contributed by atoms with Crippen LogP contribution in [0.2, 0.25) is 0 Å². The van der Waals surface area contributed by atoms with Gasteiger partial charge in [-0.05, 0) is 29.8 Å². The van der Waals surface area contributed by atoms with E-state index in [9.17, 15) is 9.59 Å². The number of hydrogen-bond acceptors (Lipinski definition) is 5. The second-order valence-electron chi connectivity index (χ2n) is 7.06. The lowest BCUT2D eigenvalue weighted by Gasteiger charge is -2.10. The maximum absolute atomic E-state index is 12.8. The van der Waals surface area contributed by atoms with Gasteiger partial charge >= 0.3 is 0 Å². The monoisotopic (exact) mass is 435 g/mol. The van der Waals surface area contributed by atoms with Crippen molar-refractivity contribution in [2.24, 2.45) is 0 Å². The van der Waals surface area contributed by atoms with Crippen molar-refractivity contribution in [3.63, 3.8) is 0 Å². The van der Waals surface area contributed by atoms with Gasteiger partial charge < -0.3 is 14.8 Å². The molecule has 4 rings (SSSR count). The van der Waals surface area contributed by atoms with Crippen LogP contribution in [0.25, 0.3) is 0 Å². The van der Waals surface area contributed by atoms with Crippen LogP contribution in [0, 0.1) is 0 Å².